The summed E-state index contributed by atoms with van der Waals surface area (Å²) in [5.74, 6) is -0.660. The highest BCUT2D eigenvalue weighted by molar-refractivity contribution is 6.02. The molecule has 2 N–H and O–H groups in total. The van der Waals surface area contributed by atoms with Gasteiger partial charge in [0.15, 0.2) is 0 Å². The first kappa shape index (κ1) is 20.1. The van der Waals surface area contributed by atoms with Crippen LogP contribution in [0.5, 0.6) is 0 Å². The molecule has 4 rings (SSSR count). The van der Waals surface area contributed by atoms with Crippen molar-refractivity contribution in [2.24, 2.45) is 0 Å². The lowest BCUT2D eigenvalue weighted by Crippen LogP contribution is -2.32. The van der Waals surface area contributed by atoms with Gasteiger partial charge >= 0.3 is 0 Å². The Morgan fingerprint density at radius 2 is 1.52 bits per heavy atom. The van der Waals surface area contributed by atoms with Gasteiger partial charge in [0, 0.05) is 17.4 Å². The third-order valence-corrected chi connectivity index (χ3v) is 4.77. The number of anilines is 1. The Morgan fingerprint density at radius 1 is 0.871 bits per heavy atom. The van der Waals surface area contributed by atoms with Crippen LogP contribution in [-0.4, -0.2) is 28.1 Å². The van der Waals surface area contributed by atoms with Gasteiger partial charge in [0.1, 0.15) is 5.69 Å². The predicted molar refractivity (Wildman–Crippen MR) is 121 cm³/mol. The SMILES string of the molecule is Cc1ccc(-n2cc(C(=O)NCC(=O)Nc3ccccc3)c(-c3ccccc3)n2)cc1. The molecule has 2 amide bonds. The Bertz CT molecular complexity index is 1180. The average Bonchev–Trinajstić information content (AvgIpc) is 3.25. The number of rotatable bonds is 6. The molecule has 0 radical (unpaired) electrons. The molecule has 6 nitrogen and oxygen atoms in total. The van der Waals surface area contributed by atoms with E-state index in [-0.39, 0.29) is 18.4 Å². The zero-order chi connectivity index (χ0) is 21.6. The fraction of sp³-hybridized carbons (Fsp3) is 0.0800. The molecule has 0 atom stereocenters. The number of aromatic nitrogens is 2. The van der Waals surface area contributed by atoms with Crippen molar-refractivity contribution in [1.82, 2.24) is 15.1 Å². The van der Waals surface area contributed by atoms with E-state index in [0.717, 1.165) is 16.8 Å². The van der Waals surface area contributed by atoms with Crippen LogP contribution in [0.3, 0.4) is 0 Å². The molecular weight excluding hydrogens is 388 g/mol. The van der Waals surface area contributed by atoms with Crippen LogP contribution in [0, 0.1) is 6.92 Å². The van der Waals surface area contributed by atoms with Crippen LogP contribution in [0.15, 0.2) is 91.1 Å². The number of nitrogens with one attached hydrogen (secondary N) is 2. The van der Waals surface area contributed by atoms with Gasteiger partial charge in [0.2, 0.25) is 5.91 Å². The Kier molecular flexibility index (Phi) is 5.89. The van der Waals surface area contributed by atoms with E-state index >= 15 is 0 Å². The first-order valence-electron chi connectivity index (χ1n) is 9.95. The van der Waals surface area contributed by atoms with E-state index in [2.05, 4.69) is 15.7 Å². The lowest BCUT2D eigenvalue weighted by molar-refractivity contribution is -0.115. The van der Waals surface area contributed by atoms with Crippen molar-refractivity contribution in [3.63, 3.8) is 0 Å². The van der Waals surface area contributed by atoms with Gasteiger partial charge in [-0.15, -0.1) is 0 Å². The molecule has 0 aliphatic heterocycles. The van der Waals surface area contributed by atoms with Gasteiger partial charge in [-0.25, -0.2) is 4.68 Å². The number of carbonyl (C=O) groups excluding carboxylic acids is 2. The second kappa shape index (κ2) is 9.09. The Balaban J connectivity index is 1.56. The van der Waals surface area contributed by atoms with Gasteiger partial charge in [-0.3, -0.25) is 9.59 Å². The van der Waals surface area contributed by atoms with Gasteiger partial charge in [0.05, 0.1) is 17.8 Å². The molecule has 0 unspecified atom stereocenters. The molecule has 0 aliphatic rings. The Morgan fingerprint density at radius 3 is 2.19 bits per heavy atom. The number of aryl methyl sites for hydroxylation is 1. The number of hydrogen-bond donors (Lipinski definition) is 2. The highest BCUT2D eigenvalue weighted by atomic mass is 16.2. The molecule has 0 bridgehead atoms. The molecule has 31 heavy (non-hydrogen) atoms. The van der Waals surface area contributed by atoms with E-state index in [4.69, 9.17) is 0 Å². The molecule has 0 saturated carbocycles. The normalized spacial score (nSPS) is 10.5. The fourth-order valence-electron chi connectivity index (χ4n) is 3.16. The smallest absolute Gasteiger partial charge is 0.255 e. The van der Waals surface area contributed by atoms with Crippen molar-refractivity contribution in [2.75, 3.05) is 11.9 Å². The van der Waals surface area contributed by atoms with Crippen molar-refractivity contribution >= 4 is 17.5 Å². The standard InChI is InChI=1S/C25H22N4O2/c1-18-12-14-21(15-13-18)29-17-22(24(28-29)19-8-4-2-5-9-19)25(31)26-16-23(30)27-20-10-6-3-7-11-20/h2-15,17H,16H2,1H3,(H,26,31)(H,27,30). The molecule has 0 spiro atoms. The topological polar surface area (TPSA) is 76.0 Å². The van der Waals surface area contributed by atoms with Gasteiger partial charge in [0.25, 0.3) is 5.91 Å². The summed E-state index contributed by atoms with van der Waals surface area (Å²) in [6.07, 6.45) is 1.69. The predicted octanol–water partition coefficient (Wildman–Crippen LogP) is 4.22. The van der Waals surface area contributed by atoms with Crippen LogP contribution in [0.4, 0.5) is 5.69 Å². The molecular formula is C25H22N4O2. The van der Waals surface area contributed by atoms with Crippen LogP contribution in [-0.2, 0) is 4.79 Å². The van der Waals surface area contributed by atoms with Crippen molar-refractivity contribution in [3.05, 3.63) is 102 Å². The number of amides is 2. The first-order valence-corrected chi connectivity index (χ1v) is 9.95. The molecule has 0 aliphatic carbocycles. The minimum atomic E-state index is -0.361. The maximum atomic E-state index is 13.0. The molecule has 1 aromatic heterocycles. The second-order valence-electron chi connectivity index (χ2n) is 7.13. The minimum Gasteiger partial charge on any atom is -0.343 e. The first-order chi connectivity index (χ1) is 15.1. The second-order valence-corrected chi connectivity index (χ2v) is 7.13. The zero-order valence-electron chi connectivity index (χ0n) is 17.1. The fourth-order valence-corrected chi connectivity index (χ4v) is 3.16. The number of nitrogens with zero attached hydrogens (tertiary/aromatic N) is 2. The van der Waals surface area contributed by atoms with E-state index in [1.165, 1.54) is 0 Å². The van der Waals surface area contributed by atoms with Crippen LogP contribution in [0.1, 0.15) is 15.9 Å². The molecule has 4 aromatic rings. The summed E-state index contributed by atoms with van der Waals surface area (Å²) in [6, 6.07) is 26.5. The molecule has 0 saturated heterocycles. The summed E-state index contributed by atoms with van der Waals surface area (Å²) in [7, 11) is 0. The van der Waals surface area contributed by atoms with Gasteiger partial charge < -0.3 is 10.6 Å². The lowest BCUT2D eigenvalue weighted by atomic mass is 10.1. The summed E-state index contributed by atoms with van der Waals surface area (Å²) in [6.45, 7) is 1.87. The molecule has 1 heterocycles. The van der Waals surface area contributed by atoms with Crippen LogP contribution >= 0.6 is 0 Å². The van der Waals surface area contributed by atoms with Gasteiger partial charge in [-0.05, 0) is 31.2 Å². The summed E-state index contributed by atoms with van der Waals surface area (Å²) in [5, 5.41) is 10.1. The van der Waals surface area contributed by atoms with Crippen molar-refractivity contribution < 1.29 is 9.59 Å². The van der Waals surface area contributed by atoms with E-state index < -0.39 is 0 Å². The highest BCUT2D eigenvalue weighted by Crippen LogP contribution is 2.23. The lowest BCUT2D eigenvalue weighted by Gasteiger charge is -2.07. The molecule has 3 aromatic carbocycles. The number of hydrogen-bond acceptors (Lipinski definition) is 3. The van der Waals surface area contributed by atoms with Crippen LogP contribution < -0.4 is 10.6 Å². The van der Waals surface area contributed by atoms with Crippen LogP contribution in [0.25, 0.3) is 16.9 Å². The van der Waals surface area contributed by atoms with Gasteiger partial charge in [-0.1, -0.05) is 66.2 Å². The Hall–Kier alpha value is -4.19. The van der Waals surface area contributed by atoms with E-state index in [1.54, 1.807) is 23.0 Å². The summed E-state index contributed by atoms with van der Waals surface area (Å²) in [5.41, 5.74) is 4.46. The maximum Gasteiger partial charge on any atom is 0.255 e. The quantitative estimate of drug-likeness (QED) is 0.500. The molecule has 154 valence electrons. The van der Waals surface area contributed by atoms with Crippen molar-refractivity contribution in [3.8, 4) is 16.9 Å². The third-order valence-electron chi connectivity index (χ3n) is 4.77. The third kappa shape index (κ3) is 4.87. The monoisotopic (exact) mass is 410 g/mol. The van der Waals surface area contributed by atoms with Crippen LogP contribution in [0.2, 0.25) is 0 Å². The summed E-state index contributed by atoms with van der Waals surface area (Å²) >= 11 is 0. The summed E-state index contributed by atoms with van der Waals surface area (Å²) < 4.78 is 1.68. The van der Waals surface area contributed by atoms with E-state index in [0.29, 0.717) is 16.9 Å². The molecule has 0 fully saturated rings. The number of para-hydroxylation sites is 1. The number of carbonyl (C=O) groups is 2. The zero-order valence-corrected chi connectivity index (χ0v) is 17.1. The van der Waals surface area contributed by atoms with Gasteiger partial charge in [-0.2, -0.15) is 5.10 Å². The van der Waals surface area contributed by atoms with E-state index in [9.17, 15) is 9.59 Å². The highest BCUT2D eigenvalue weighted by Gasteiger charge is 2.19. The van der Waals surface area contributed by atoms with E-state index in [1.807, 2.05) is 79.7 Å². The summed E-state index contributed by atoms with van der Waals surface area (Å²) in [4.78, 5) is 25.2. The average molecular weight is 410 g/mol. The maximum absolute atomic E-state index is 13.0. The number of benzene rings is 3. The van der Waals surface area contributed by atoms with Crippen molar-refractivity contribution in [1.29, 1.82) is 0 Å². The minimum absolute atomic E-state index is 0.141. The van der Waals surface area contributed by atoms with Crippen molar-refractivity contribution in [2.45, 2.75) is 6.92 Å². The largest absolute Gasteiger partial charge is 0.343 e. The molecule has 6 heteroatoms. The Labute approximate surface area is 180 Å².